The minimum Gasteiger partial charge on any atom is -0.356 e. The maximum absolute atomic E-state index is 11.6. The SMILES string of the molecule is CCNCCCNC(=O)Cc1ccc(C)cc1. The molecule has 0 saturated carbocycles. The third kappa shape index (κ3) is 6.07. The van der Waals surface area contributed by atoms with Crippen LogP contribution in [0.1, 0.15) is 24.5 Å². The Morgan fingerprint density at radius 2 is 1.88 bits per heavy atom. The van der Waals surface area contributed by atoms with Gasteiger partial charge in [-0.15, -0.1) is 0 Å². The lowest BCUT2D eigenvalue weighted by Crippen LogP contribution is -2.28. The first kappa shape index (κ1) is 13.7. The monoisotopic (exact) mass is 234 g/mol. The zero-order chi connectivity index (χ0) is 12.5. The molecule has 0 aliphatic rings. The Labute approximate surface area is 104 Å². The molecule has 0 aliphatic heterocycles. The smallest absolute Gasteiger partial charge is 0.224 e. The number of hydrogen-bond acceptors (Lipinski definition) is 2. The van der Waals surface area contributed by atoms with Gasteiger partial charge in [0.2, 0.25) is 5.91 Å². The third-order valence-electron chi connectivity index (χ3n) is 2.59. The van der Waals surface area contributed by atoms with E-state index in [4.69, 9.17) is 0 Å². The molecule has 17 heavy (non-hydrogen) atoms. The molecule has 0 spiro atoms. The van der Waals surface area contributed by atoms with Crippen molar-refractivity contribution in [3.8, 4) is 0 Å². The molecule has 1 aromatic carbocycles. The average molecular weight is 234 g/mol. The number of carbonyl (C=O) groups excluding carboxylic acids is 1. The van der Waals surface area contributed by atoms with Gasteiger partial charge in [-0.3, -0.25) is 4.79 Å². The molecule has 0 saturated heterocycles. The van der Waals surface area contributed by atoms with Gasteiger partial charge in [-0.1, -0.05) is 36.8 Å². The van der Waals surface area contributed by atoms with E-state index < -0.39 is 0 Å². The van der Waals surface area contributed by atoms with Gasteiger partial charge in [0.05, 0.1) is 6.42 Å². The molecular weight excluding hydrogens is 212 g/mol. The van der Waals surface area contributed by atoms with Gasteiger partial charge in [-0.2, -0.15) is 0 Å². The van der Waals surface area contributed by atoms with E-state index in [1.54, 1.807) is 0 Å². The molecule has 94 valence electrons. The molecule has 1 aromatic rings. The maximum atomic E-state index is 11.6. The average Bonchev–Trinajstić information content (AvgIpc) is 2.32. The number of benzene rings is 1. The highest BCUT2D eigenvalue weighted by Gasteiger charge is 2.01. The minimum absolute atomic E-state index is 0.102. The second kappa shape index (κ2) is 7.85. The highest BCUT2D eigenvalue weighted by Crippen LogP contribution is 2.03. The number of aryl methyl sites for hydroxylation is 1. The van der Waals surface area contributed by atoms with Crippen molar-refractivity contribution >= 4 is 5.91 Å². The Morgan fingerprint density at radius 3 is 2.53 bits per heavy atom. The second-order valence-corrected chi connectivity index (χ2v) is 4.22. The van der Waals surface area contributed by atoms with Gasteiger partial charge in [0.15, 0.2) is 0 Å². The first-order valence-electron chi connectivity index (χ1n) is 6.25. The summed E-state index contributed by atoms with van der Waals surface area (Å²) in [5.41, 5.74) is 2.29. The van der Waals surface area contributed by atoms with Crippen LogP contribution in [-0.4, -0.2) is 25.5 Å². The van der Waals surface area contributed by atoms with Crippen LogP contribution in [0, 0.1) is 6.92 Å². The third-order valence-corrected chi connectivity index (χ3v) is 2.59. The van der Waals surface area contributed by atoms with Gasteiger partial charge in [0.1, 0.15) is 0 Å². The fraction of sp³-hybridized carbons (Fsp3) is 0.500. The van der Waals surface area contributed by atoms with Crippen LogP contribution < -0.4 is 10.6 Å². The molecule has 0 unspecified atom stereocenters. The van der Waals surface area contributed by atoms with Crippen LogP contribution in [-0.2, 0) is 11.2 Å². The van der Waals surface area contributed by atoms with Gasteiger partial charge in [-0.05, 0) is 32.0 Å². The highest BCUT2D eigenvalue weighted by atomic mass is 16.1. The lowest BCUT2D eigenvalue weighted by atomic mass is 10.1. The summed E-state index contributed by atoms with van der Waals surface area (Å²) in [5, 5.41) is 6.15. The molecule has 0 radical (unpaired) electrons. The molecule has 0 bridgehead atoms. The van der Waals surface area contributed by atoms with Crippen molar-refractivity contribution in [2.75, 3.05) is 19.6 Å². The van der Waals surface area contributed by atoms with Gasteiger partial charge in [-0.25, -0.2) is 0 Å². The van der Waals surface area contributed by atoms with E-state index in [0.717, 1.165) is 31.6 Å². The summed E-state index contributed by atoms with van der Waals surface area (Å²) in [6, 6.07) is 8.09. The number of amides is 1. The van der Waals surface area contributed by atoms with Crippen LogP contribution >= 0.6 is 0 Å². The molecule has 1 rings (SSSR count). The first-order chi connectivity index (χ1) is 8.22. The molecule has 0 fully saturated rings. The van der Waals surface area contributed by atoms with E-state index in [1.165, 1.54) is 5.56 Å². The predicted octanol–water partition coefficient (Wildman–Crippen LogP) is 1.65. The molecule has 0 atom stereocenters. The fourth-order valence-corrected chi connectivity index (χ4v) is 1.57. The predicted molar refractivity (Wildman–Crippen MR) is 71.1 cm³/mol. The first-order valence-corrected chi connectivity index (χ1v) is 6.25. The zero-order valence-electron chi connectivity index (χ0n) is 10.8. The normalized spacial score (nSPS) is 10.2. The van der Waals surface area contributed by atoms with E-state index in [-0.39, 0.29) is 5.91 Å². The van der Waals surface area contributed by atoms with E-state index >= 15 is 0 Å². The van der Waals surface area contributed by atoms with Crippen molar-refractivity contribution < 1.29 is 4.79 Å². The van der Waals surface area contributed by atoms with Crippen LogP contribution in [0.25, 0.3) is 0 Å². The number of nitrogens with one attached hydrogen (secondary N) is 2. The van der Waals surface area contributed by atoms with Crippen LogP contribution in [0.3, 0.4) is 0 Å². The lowest BCUT2D eigenvalue weighted by Gasteiger charge is -2.06. The summed E-state index contributed by atoms with van der Waals surface area (Å²) >= 11 is 0. The van der Waals surface area contributed by atoms with Crippen molar-refractivity contribution in [2.24, 2.45) is 0 Å². The van der Waals surface area contributed by atoms with Crippen molar-refractivity contribution in [3.63, 3.8) is 0 Å². The van der Waals surface area contributed by atoms with Gasteiger partial charge in [0, 0.05) is 6.54 Å². The number of rotatable bonds is 7. The van der Waals surface area contributed by atoms with Crippen molar-refractivity contribution in [1.29, 1.82) is 0 Å². The molecule has 3 nitrogen and oxygen atoms in total. The van der Waals surface area contributed by atoms with Crippen LogP contribution in [0.2, 0.25) is 0 Å². The topological polar surface area (TPSA) is 41.1 Å². The van der Waals surface area contributed by atoms with E-state index in [1.807, 2.05) is 31.2 Å². The molecular formula is C14H22N2O. The summed E-state index contributed by atoms with van der Waals surface area (Å²) in [5.74, 6) is 0.102. The number of hydrogen-bond donors (Lipinski definition) is 2. The summed E-state index contributed by atoms with van der Waals surface area (Å²) in [6.07, 6.45) is 1.45. The fourth-order valence-electron chi connectivity index (χ4n) is 1.57. The van der Waals surface area contributed by atoms with Crippen LogP contribution in [0.15, 0.2) is 24.3 Å². The molecule has 1 amide bonds. The highest BCUT2D eigenvalue weighted by molar-refractivity contribution is 5.78. The van der Waals surface area contributed by atoms with Crippen LogP contribution in [0.4, 0.5) is 0 Å². The van der Waals surface area contributed by atoms with E-state index in [0.29, 0.717) is 6.42 Å². The van der Waals surface area contributed by atoms with E-state index in [9.17, 15) is 4.79 Å². The quantitative estimate of drug-likeness (QED) is 0.704. The molecule has 3 heteroatoms. The largest absolute Gasteiger partial charge is 0.356 e. The van der Waals surface area contributed by atoms with Crippen molar-refractivity contribution in [2.45, 2.75) is 26.7 Å². The minimum atomic E-state index is 0.102. The Bertz CT molecular complexity index is 333. The van der Waals surface area contributed by atoms with Crippen molar-refractivity contribution in [3.05, 3.63) is 35.4 Å². The molecule has 0 heterocycles. The summed E-state index contributed by atoms with van der Waals surface area (Å²) in [6.45, 7) is 6.82. The van der Waals surface area contributed by atoms with E-state index in [2.05, 4.69) is 17.6 Å². The summed E-state index contributed by atoms with van der Waals surface area (Å²) < 4.78 is 0. The Morgan fingerprint density at radius 1 is 1.18 bits per heavy atom. The molecule has 0 aliphatic carbocycles. The maximum Gasteiger partial charge on any atom is 0.224 e. The second-order valence-electron chi connectivity index (χ2n) is 4.22. The lowest BCUT2D eigenvalue weighted by molar-refractivity contribution is -0.120. The Hall–Kier alpha value is -1.35. The number of carbonyl (C=O) groups is 1. The van der Waals surface area contributed by atoms with Crippen molar-refractivity contribution in [1.82, 2.24) is 10.6 Å². The molecule has 0 aromatic heterocycles. The standard InChI is InChI=1S/C14H22N2O/c1-3-15-9-4-10-16-14(17)11-13-7-5-12(2)6-8-13/h5-8,15H,3-4,9-11H2,1-2H3,(H,16,17). The van der Waals surface area contributed by atoms with Gasteiger partial charge >= 0.3 is 0 Å². The zero-order valence-corrected chi connectivity index (χ0v) is 10.8. The Balaban J connectivity index is 2.18. The Kier molecular flexibility index (Phi) is 6.33. The van der Waals surface area contributed by atoms with Crippen LogP contribution in [0.5, 0.6) is 0 Å². The molecule has 2 N–H and O–H groups in total. The van der Waals surface area contributed by atoms with Gasteiger partial charge < -0.3 is 10.6 Å². The summed E-state index contributed by atoms with van der Waals surface area (Å²) in [7, 11) is 0. The summed E-state index contributed by atoms with van der Waals surface area (Å²) in [4.78, 5) is 11.6. The van der Waals surface area contributed by atoms with Gasteiger partial charge in [0.25, 0.3) is 0 Å².